The number of fused-ring (bicyclic) bond motifs is 1. The lowest BCUT2D eigenvalue weighted by molar-refractivity contribution is 0.0380. The van der Waals surface area contributed by atoms with Crippen molar-refractivity contribution in [3.05, 3.63) is 108 Å². The molecule has 2 fully saturated rings. The van der Waals surface area contributed by atoms with Crippen molar-refractivity contribution < 1.29 is 4.74 Å². The molecule has 0 saturated carbocycles. The highest BCUT2D eigenvalue weighted by Crippen LogP contribution is 2.38. The van der Waals surface area contributed by atoms with Gasteiger partial charge in [0.25, 0.3) is 0 Å². The van der Waals surface area contributed by atoms with Gasteiger partial charge in [-0.05, 0) is 48.7 Å². The average Bonchev–Trinajstić information content (AvgIpc) is 3.59. The minimum absolute atomic E-state index is 0.341. The van der Waals surface area contributed by atoms with Crippen LogP contribution in [-0.2, 0) is 13.6 Å². The molecule has 0 bridgehead atoms. The molecule has 1 aromatic heterocycles. The highest BCUT2D eigenvalue weighted by Gasteiger charge is 2.41. The Morgan fingerprint density at radius 3 is 2.32 bits per heavy atom. The SMILES string of the molecule is COc1ccc(-c2cncn2C)cc1CN1C[C@@H]2CCCN2[C@H](C(c2ccccc2)c2ccccc2)C1. The molecule has 2 saturated heterocycles. The van der Waals surface area contributed by atoms with Crippen LogP contribution in [0.25, 0.3) is 11.3 Å². The van der Waals surface area contributed by atoms with Gasteiger partial charge in [0.2, 0.25) is 0 Å². The van der Waals surface area contributed by atoms with Crippen LogP contribution < -0.4 is 4.74 Å². The molecular weight excluding hydrogens is 456 g/mol. The van der Waals surface area contributed by atoms with Crippen LogP contribution in [0.1, 0.15) is 35.4 Å². The maximum Gasteiger partial charge on any atom is 0.123 e. The van der Waals surface area contributed by atoms with Gasteiger partial charge in [-0.15, -0.1) is 0 Å². The number of aromatic nitrogens is 2. The average molecular weight is 493 g/mol. The summed E-state index contributed by atoms with van der Waals surface area (Å²) in [5.74, 6) is 1.30. The molecule has 0 amide bonds. The smallest absolute Gasteiger partial charge is 0.123 e. The van der Waals surface area contributed by atoms with Gasteiger partial charge in [0, 0.05) is 55.8 Å². The van der Waals surface area contributed by atoms with Crippen molar-refractivity contribution in [2.24, 2.45) is 7.05 Å². The summed E-state index contributed by atoms with van der Waals surface area (Å²) >= 11 is 0. The molecule has 190 valence electrons. The number of ether oxygens (including phenoxy) is 1. The molecule has 37 heavy (non-hydrogen) atoms. The van der Waals surface area contributed by atoms with Crippen LogP contribution in [0, 0.1) is 0 Å². The van der Waals surface area contributed by atoms with Crippen LogP contribution in [0.15, 0.2) is 91.4 Å². The quantitative estimate of drug-likeness (QED) is 0.337. The Kier molecular flexibility index (Phi) is 6.81. The Labute approximate surface area is 220 Å². The fraction of sp³-hybridized carbons (Fsp3) is 0.344. The monoisotopic (exact) mass is 492 g/mol. The molecule has 4 aromatic rings. The van der Waals surface area contributed by atoms with Crippen molar-refractivity contribution in [1.29, 1.82) is 0 Å². The maximum absolute atomic E-state index is 5.83. The van der Waals surface area contributed by atoms with Crippen molar-refractivity contribution in [1.82, 2.24) is 19.4 Å². The lowest BCUT2D eigenvalue weighted by Crippen LogP contribution is -2.57. The first-order valence-corrected chi connectivity index (χ1v) is 13.4. The molecule has 3 heterocycles. The Morgan fingerprint density at radius 1 is 0.946 bits per heavy atom. The van der Waals surface area contributed by atoms with Gasteiger partial charge in [0.05, 0.1) is 25.3 Å². The summed E-state index contributed by atoms with van der Waals surface area (Å²) in [6.07, 6.45) is 6.35. The molecule has 5 heteroatoms. The summed E-state index contributed by atoms with van der Waals surface area (Å²) in [5, 5.41) is 0. The Hall–Kier alpha value is -3.41. The molecule has 0 radical (unpaired) electrons. The van der Waals surface area contributed by atoms with Gasteiger partial charge >= 0.3 is 0 Å². The Balaban J connectivity index is 1.34. The largest absolute Gasteiger partial charge is 0.496 e. The molecule has 0 unspecified atom stereocenters. The van der Waals surface area contributed by atoms with Gasteiger partial charge < -0.3 is 9.30 Å². The number of aryl methyl sites for hydroxylation is 1. The van der Waals surface area contributed by atoms with Crippen LogP contribution in [-0.4, -0.2) is 58.2 Å². The molecule has 0 aliphatic carbocycles. The highest BCUT2D eigenvalue weighted by molar-refractivity contribution is 5.62. The van der Waals surface area contributed by atoms with Gasteiger partial charge in [-0.1, -0.05) is 60.7 Å². The number of hydrogen-bond acceptors (Lipinski definition) is 4. The molecule has 5 nitrogen and oxygen atoms in total. The molecule has 0 N–H and O–H groups in total. The van der Waals surface area contributed by atoms with E-state index < -0.39 is 0 Å². The van der Waals surface area contributed by atoms with E-state index >= 15 is 0 Å². The maximum atomic E-state index is 5.83. The standard InChI is InChI=1S/C32H36N4O/c1-34-23-33-19-29(34)26-15-16-31(37-2)27(18-26)20-35-21-28-14-9-17-36(28)30(22-35)32(24-10-5-3-6-11-24)25-12-7-4-8-13-25/h3-8,10-13,15-16,18-19,23,28,30,32H,9,14,17,20-22H2,1-2H3/t28-,30-/m0/s1. The number of hydrogen-bond donors (Lipinski definition) is 0. The van der Waals surface area contributed by atoms with Crippen LogP contribution in [0.3, 0.4) is 0 Å². The predicted octanol–water partition coefficient (Wildman–Crippen LogP) is 5.58. The van der Waals surface area contributed by atoms with Gasteiger partial charge in [0.1, 0.15) is 5.75 Å². The summed E-state index contributed by atoms with van der Waals surface area (Å²) < 4.78 is 7.90. The lowest BCUT2D eigenvalue weighted by atomic mass is 9.82. The Morgan fingerprint density at radius 2 is 1.68 bits per heavy atom. The minimum Gasteiger partial charge on any atom is -0.496 e. The first-order valence-electron chi connectivity index (χ1n) is 13.4. The van der Waals surface area contributed by atoms with Gasteiger partial charge in [0.15, 0.2) is 0 Å². The fourth-order valence-corrected chi connectivity index (χ4v) is 6.55. The summed E-state index contributed by atoms with van der Waals surface area (Å²) in [6, 6.07) is 29.8. The van der Waals surface area contributed by atoms with E-state index in [0.717, 1.165) is 31.1 Å². The Bertz CT molecular complexity index is 1280. The zero-order chi connectivity index (χ0) is 25.2. The third kappa shape index (κ3) is 4.81. The molecule has 0 spiro atoms. The van der Waals surface area contributed by atoms with Gasteiger partial charge in [-0.2, -0.15) is 0 Å². The summed E-state index contributed by atoms with van der Waals surface area (Å²) in [4.78, 5) is 9.80. The van der Waals surface area contributed by atoms with E-state index in [1.54, 1.807) is 7.11 Å². The first kappa shape index (κ1) is 24.0. The zero-order valence-corrected chi connectivity index (χ0v) is 21.8. The third-order valence-corrected chi connectivity index (χ3v) is 8.25. The van der Waals surface area contributed by atoms with Crippen LogP contribution in [0.5, 0.6) is 5.75 Å². The summed E-state index contributed by atoms with van der Waals surface area (Å²) in [5.41, 5.74) is 6.35. The van der Waals surface area contributed by atoms with Crippen LogP contribution in [0.4, 0.5) is 0 Å². The topological polar surface area (TPSA) is 33.5 Å². The second kappa shape index (κ2) is 10.5. The van der Waals surface area contributed by atoms with E-state index in [0.29, 0.717) is 18.0 Å². The van der Waals surface area contributed by atoms with E-state index in [2.05, 4.69) is 98.2 Å². The van der Waals surface area contributed by atoms with Crippen LogP contribution in [0.2, 0.25) is 0 Å². The van der Waals surface area contributed by atoms with Crippen molar-refractivity contribution in [3.63, 3.8) is 0 Å². The van der Waals surface area contributed by atoms with Crippen molar-refractivity contribution in [2.75, 3.05) is 26.7 Å². The summed E-state index contributed by atoms with van der Waals surface area (Å²) in [7, 11) is 3.82. The van der Waals surface area contributed by atoms with Crippen molar-refractivity contribution in [2.45, 2.75) is 37.4 Å². The number of piperazine rings is 1. The molecule has 6 rings (SSSR count). The normalized spacial score (nSPS) is 20.3. The van der Waals surface area contributed by atoms with Crippen molar-refractivity contribution in [3.8, 4) is 17.0 Å². The molecule has 3 aromatic carbocycles. The number of methoxy groups -OCH3 is 1. The molecule has 2 aliphatic heterocycles. The predicted molar refractivity (Wildman–Crippen MR) is 149 cm³/mol. The van der Waals surface area contributed by atoms with Gasteiger partial charge in [-0.25, -0.2) is 4.98 Å². The lowest BCUT2D eigenvalue weighted by Gasteiger charge is -2.47. The number of rotatable bonds is 7. The minimum atomic E-state index is 0.341. The van der Waals surface area contributed by atoms with E-state index in [9.17, 15) is 0 Å². The van der Waals surface area contributed by atoms with E-state index in [1.165, 1.54) is 41.6 Å². The highest BCUT2D eigenvalue weighted by atomic mass is 16.5. The number of imidazole rings is 1. The molecular formula is C32H36N4O. The van der Waals surface area contributed by atoms with E-state index in [1.807, 2.05) is 19.6 Å². The third-order valence-electron chi connectivity index (χ3n) is 8.25. The second-order valence-corrected chi connectivity index (χ2v) is 10.5. The van der Waals surface area contributed by atoms with Gasteiger partial charge in [-0.3, -0.25) is 9.80 Å². The van der Waals surface area contributed by atoms with E-state index in [-0.39, 0.29) is 0 Å². The van der Waals surface area contributed by atoms with Crippen molar-refractivity contribution >= 4 is 0 Å². The number of benzene rings is 3. The fourth-order valence-electron chi connectivity index (χ4n) is 6.55. The summed E-state index contributed by atoms with van der Waals surface area (Å²) in [6.45, 7) is 4.21. The molecule has 2 aliphatic rings. The van der Waals surface area contributed by atoms with Crippen LogP contribution >= 0.6 is 0 Å². The first-order chi connectivity index (χ1) is 18.2. The second-order valence-electron chi connectivity index (χ2n) is 10.5. The zero-order valence-electron chi connectivity index (χ0n) is 21.8. The number of nitrogens with zero attached hydrogens (tertiary/aromatic N) is 4. The van der Waals surface area contributed by atoms with E-state index in [4.69, 9.17) is 4.74 Å². The molecule has 2 atom stereocenters.